The molecular formula is C38H56N4O7. The fourth-order valence-corrected chi connectivity index (χ4v) is 5.30. The van der Waals surface area contributed by atoms with Crippen molar-refractivity contribution in [3.05, 3.63) is 70.8 Å². The molecule has 4 amide bonds. The molecular weight excluding hydrogens is 624 g/mol. The van der Waals surface area contributed by atoms with Gasteiger partial charge in [-0.3, -0.25) is 14.4 Å². The van der Waals surface area contributed by atoms with Crippen LogP contribution in [0.3, 0.4) is 0 Å². The number of hydrogen-bond donors (Lipinski definition) is 3. The number of amides is 4. The topological polar surface area (TPSA) is 157 Å². The second kappa shape index (κ2) is 16.8. The Balaban J connectivity index is 2.76. The van der Waals surface area contributed by atoms with E-state index in [0.29, 0.717) is 12.0 Å². The SMILES string of the molecule is CCC(C)(C)N(C(=O)C(CCC(N)=O)NC(=O)OC(C)(C)C)C(C(=O)NC(Cc1ccccc1)C(=O)OC(C)(C)C)c1ccc(C)cc1C. The van der Waals surface area contributed by atoms with Gasteiger partial charge in [0.25, 0.3) is 0 Å². The van der Waals surface area contributed by atoms with Crippen LogP contribution in [-0.2, 0) is 35.1 Å². The third-order valence-corrected chi connectivity index (χ3v) is 7.94. The van der Waals surface area contributed by atoms with Crippen molar-refractivity contribution in [3.8, 4) is 0 Å². The van der Waals surface area contributed by atoms with E-state index in [-0.39, 0.29) is 19.3 Å². The molecule has 0 fully saturated rings. The van der Waals surface area contributed by atoms with E-state index in [0.717, 1.165) is 16.7 Å². The molecule has 2 rings (SSSR count). The van der Waals surface area contributed by atoms with Gasteiger partial charge in [0.15, 0.2) is 0 Å². The first-order valence-corrected chi connectivity index (χ1v) is 16.8. The fraction of sp³-hybridized carbons (Fsp3) is 0.553. The molecule has 3 atom stereocenters. The lowest BCUT2D eigenvalue weighted by atomic mass is 9.89. The third kappa shape index (κ3) is 12.9. The van der Waals surface area contributed by atoms with Crippen LogP contribution in [0.1, 0.15) is 110 Å². The fourth-order valence-electron chi connectivity index (χ4n) is 5.30. The lowest BCUT2D eigenvalue weighted by Crippen LogP contribution is -2.60. The third-order valence-electron chi connectivity index (χ3n) is 7.94. The molecule has 49 heavy (non-hydrogen) atoms. The molecule has 11 nitrogen and oxygen atoms in total. The minimum atomic E-state index is -1.26. The van der Waals surface area contributed by atoms with Crippen LogP contribution in [0.25, 0.3) is 0 Å². The summed E-state index contributed by atoms with van der Waals surface area (Å²) in [6, 6.07) is 11.2. The number of benzene rings is 2. The van der Waals surface area contributed by atoms with Crippen LogP contribution < -0.4 is 16.4 Å². The Morgan fingerprint density at radius 3 is 1.92 bits per heavy atom. The van der Waals surface area contributed by atoms with Crippen LogP contribution in [0.4, 0.5) is 4.79 Å². The molecule has 11 heteroatoms. The van der Waals surface area contributed by atoms with Gasteiger partial charge < -0.3 is 30.7 Å². The monoisotopic (exact) mass is 680 g/mol. The highest BCUT2D eigenvalue weighted by molar-refractivity contribution is 5.95. The molecule has 0 aliphatic rings. The van der Waals surface area contributed by atoms with E-state index >= 15 is 0 Å². The highest BCUT2D eigenvalue weighted by Crippen LogP contribution is 2.34. The number of ether oxygens (including phenoxy) is 2. The van der Waals surface area contributed by atoms with E-state index in [9.17, 15) is 24.0 Å². The van der Waals surface area contributed by atoms with Gasteiger partial charge in [-0.25, -0.2) is 9.59 Å². The van der Waals surface area contributed by atoms with Crippen LogP contribution in [-0.4, -0.2) is 63.5 Å². The number of hydrogen-bond acceptors (Lipinski definition) is 7. The average Bonchev–Trinajstić information content (AvgIpc) is 2.96. The minimum Gasteiger partial charge on any atom is -0.458 e. The maximum atomic E-state index is 14.8. The zero-order valence-corrected chi connectivity index (χ0v) is 31.1. The van der Waals surface area contributed by atoms with Gasteiger partial charge in [-0.05, 0) is 98.8 Å². The van der Waals surface area contributed by atoms with Crippen molar-refractivity contribution >= 4 is 29.8 Å². The number of esters is 1. The molecule has 2 aromatic carbocycles. The normalized spacial score (nSPS) is 13.8. The molecule has 0 spiro atoms. The molecule has 270 valence electrons. The molecule has 0 saturated heterocycles. The molecule has 2 aromatic rings. The van der Waals surface area contributed by atoms with Crippen molar-refractivity contribution < 1.29 is 33.4 Å². The van der Waals surface area contributed by atoms with Gasteiger partial charge in [0.05, 0.1) is 0 Å². The van der Waals surface area contributed by atoms with Gasteiger partial charge in [0.2, 0.25) is 17.7 Å². The van der Waals surface area contributed by atoms with Crippen LogP contribution in [0.2, 0.25) is 0 Å². The quantitative estimate of drug-likeness (QED) is 0.220. The number of alkyl carbamates (subject to hydrolysis) is 1. The molecule has 0 aliphatic carbocycles. The van der Waals surface area contributed by atoms with E-state index in [1.165, 1.54) is 4.90 Å². The Labute approximate surface area is 291 Å². The van der Waals surface area contributed by atoms with Crippen LogP contribution >= 0.6 is 0 Å². The lowest BCUT2D eigenvalue weighted by Gasteiger charge is -2.45. The van der Waals surface area contributed by atoms with Gasteiger partial charge in [0.1, 0.15) is 29.3 Å². The first-order chi connectivity index (χ1) is 22.5. The molecule has 0 saturated carbocycles. The summed E-state index contributed by atoms with van der Waals surface area (Å²) < 4.78 is 11.2. The number of nitrogens with one attached hydrogen (secondary N) is 2. The van der Waals surface area contributed by atoms with Crippen LogP contribution in [0.15, 0.2) is 48.5 Å². The summed E-state index contributed by atoms with van der Waals surface area (Å²) in [5.74, 6) is -2.51. The number of primary amides is 1. The van der Waals surface area contributed by atoms with Crippen molar-refractivity contribution in [2.45, 2.75) is 137 Å². The summed E-state index contributed by atoms with van der Waals surface area (Å²) in [6.45, 7) is 19.6. The number of aryl methyl sites for hydroxylation is 2. The van der Waals surface area contributed by atoms with Crippen molar-refractivity contribution in [2.24, 2.45) is 5.73 Å². The molecule has 0 radical (unpaired) electrons. The zero-order valence-electron chi connectivity index (χ0n) is 31.1. The van der Waals surface area contributed by atoms with Gasteiger partial charge in [-0.15, -0.1) is 0 Å². The molecule has 0 heterocycles. The Morgan fingerprint density at radius 1 is 0.816 bits per heavy atom. The predicted octanol–water partition coefficient (Wildman–Crippen LogP) is 5.59. The zero-order chi connectivity index (χ0) is 37.3. The first kappa shape index (κ1) is 40.8. The second-order valence-corrected chi connectivity index (χ2v) is 15.1. The summed E-state index contributed by atoms with van der Waals surface area (Å²) in [6.07, 6.45) is -0.621. The van der Waals surface area contributed by atoms with Gasteiger partial charge in [-0.1, -0.05) is 61.0 Å². The molecule has 0 aromatic heterocycles. The van der Waals surface area contributed by atoms with Crippen LogP contribution in [0.5, 0.6) is 0 Å². The molecule has 0 aliphatic heterocycles. The largest absolute Gasteiger partial charge is 0.458 e. The van der Waals surface area contributed by atoms with Crippen molar-refractivity contribution in [1.82, 2.24) is 15.5 Å². The van der Waals surface area contributed by atoms with Crippen molar-refractivity contribution in [2.75, 3.05) is 0 Å². The Kier molecular flexibility index (Phi) is 14.0. The Morgan fingerprint density at radius 2 is 1.41 bits per heavy atom. The summed E-state index contributed by atoms with van der Waals surface area (Å²) in [4.78, 5) is 69.5. The maximum Gasteiger partial charge on any atom is 0.408 e. The number of carbonyl (C=O) groups excluding carboxylic acids is 5. The average molecular weight is 681 g/mol. The van der Waals surface area contributed by atoms with Crippen molar-refractivity contribution in [1.29, 1.82) is 0 Å². The van der Waals surface area contributed by atoms with E-state index in [1.807, 2.05) is 77.1 Å². The van der Waals surface area contributed by atoms with E-state index < -0.39 is 64.7 Å². The maximum absolute atomic E-state index is 14.8. The van der Waals surface area contributed by atoms with Crippen LogP contribution in [0, 0.1) is 13.8 Å². The highest BCUT2D eigenvalue weighted by atomic mass is 16.6. The number of nitrogens with two attached hydrogens (primary N) is 1. The smallest absolute Gasteiger partial charge is 0.408 e. The van der Waals surface area contributed by atoms with E-state index in [4.69, 9.17) is 15.2 Å². The summed E-state index contributed by atoms with van der Waals surface area (Å²) >= 11 is 0. The predicted molar refractivity (Wildman–Crippen MR) is 189 cm³/mol. The standard InChI is InChI=1S/C38H56N4O7/c1-12-38(10,11)42(33(45)28(20-21-30(39)43)41-35(47)49-37(7,8)9)31(27-19-18-24(2)22-25(27)3)32(44)40-29(34(46)48-36(4,5)6)23-26-16-14-13-15-17-26/h13-19,22,28-29,31H,12,20-21,23H2,1-11H3,(H2,39,43)(H,40,44)(H,41,47). The Hall–Kier alpha value is -4.41. The van der Waals surface area contributed by atoms with E-state index in [1.54, 1.807) is 47.6 Å². The summed E-state index contributed by atoms with van der Waals surface area (Å²) in [7, 11) is 0. The molecule has 0 bridgehead atoms. The second-order valence-electron chi connectivity index (χ2n) is 15.1. The lowest BCUT2D eigenvalue weighted by molar-refractivity contribution is -0.159. The first-order valence-electron chi connectivity index (χ1n) is 16.8. The summed E-state index contributed by atoms with van der Waals surface area (Å²) in [5.41, 5.74) is 5.86. The van der Waals surface area contributed by atoms with Gasteiger partial charge in [-0.2, -0.15) is 0 Å². The highest BCUT2D eigenvalue weighted by Gasteiger charge is 2.44. The molecule has 4 N–H and O–H groups in total. The number of rotatable bonds is 14. The number of nitrogens with zero attached hydrogens (tertiary/aromatic N) is 1. The van der Waals surface area contributed by atoms with Gasteiger partial charge >= 0.3 is 12.1 Å². The summed E-state index contributed by atoms with van der Waals surface area (Å²) in [5, 5.41) is 5.55. The molecule has 3 unspecified atom stereocenters. The Bertz CT molecular complexity index is 1480. The number of carbonyl (C=O) groups is 5. The minimum absolute atomic E-state index is 0.126. The van der Waals surface area contributed by atoms with Gasteiger partial charge in [0, 0.05) is 18.4 Å². The van der Waals surface area contributed by atoms with Crippen molar-refractivity contribution in [3.63, 3.8) is 0 Å². The van der Waals surface area contributed by atoms with E-state index in [2.05, 4.69) is 10.6 Å².